The third-order valence-corrected chi connectivity index (χ3v) is 6.11. The van der Waals surface area contributed by atoms with Crippen molar-refractivity contribution < 1.29 is 14.3 Å². The van der Waals surface area contributed by atoms with Crippen LogP contribution in [0, 0.1) is 0 Å². The monoisotopic (exact) mass is 421 g/mol. The highest BCUT2D eigenvalue weighted by atomic mass is 32.2. The molecule has 0 aromatic heterocycles. The molecule has 0 bridgehead atoms. The number of rotatable bonds is 6. The van der Waals surface area contributed by atoms with Gasteiger partial charge in [-0.2, -0.15) is 5.10 Å². The number of carbonyl (C=O) groups excluding carboxylic acids is 1. The Labute approximate surface area is 179 Å². The van der Waals surface area contributed by atoms with Crippen LogP contribution in [-0.2, 0) is 4.79 Å². The lowest BCUT2D eigenvalue weighted by Gasteiger charge is -2.22. The van der Waals surface area contributed by atoms with Crippen LogP contribution in [0.5, 0.6) is 11.5 Å². The highest BCUT2D eigenvalue weighted by Crippen LogP contribution is 2.37. The number of methoxy groups -OCH3 is 2. The largest absolute Gasteiger partial charge is 0.497 e. The molecule has 154 valence electrons. The summed E-state index contributed by atoms with van der Waals surface area (Å²) in [5.41, 5.74) is 4.78. The number of anilines is 1. The van der Waals surface area contributed by atoms with Crippen LogP contribution >= 0.6 is 11.8 Å². The summed E-state index contributed by atoms with van der Waals surface area (Å²) in [7, 11) is 3.15. The van der Waals surface area contributed by atoms with E-state index in [0.29, 0.717) is 17.2 Å². The van der Waals surface area contributed by atoms with Crippen LogP contribution in [0.15, 0.2) is 65.8 Å². The number of hydrogen-bond acceptors (Lipinski definition) is 6. The quantitative estimate of drug-likeness (QED) is 0.609. The molecule has 1 amide bonds. The van der Waals surface area contributed by atoms with Crippen molar-refractivity contribution in [2.75, 3.05) is 19.5 Å². The molecule has 0 saturated heterocycles. The van der Waals surface area contributed by atoms with E-state index >= 15 is 0 Å². The number of carbonyl (C=O) groups is 1. The molecule has 3 aromatic rings. The molecule has 1 aliphatic rings. The highest BCUT2D eigenvalue weighted by molar-refractivity contribution is 8.15. The Balaban J connectivity index is 1.48. The summed E-state index contributed by atoms with van der Waals surface area (Å²) in [6, 6.07) is 19.7. The summed E-state index contributed by atoms with van der Waals surface area (Å²) >= 11 is 1.56. The second-order valence-electron chi connectivity index (χ2n) is 7.18. The number of hydrogen-bond donors (Lipinski definition) is 2. The lowest BCUT2D eigenvalue weighted by atomic mass is 10.1. The third-order valence-electron chi connectivity index (χ3n) is 4.91. The van der Waals surface area contributed by atoms with Gasteiger partial charge in [0, 0.05) is 11.6 Å². The number of nitrogens with one attached hydrogen (secondary N) is 2. The van der Waals surface area contributed by atoms with E-state index in [2.05, 4.69) is 40.1 Å². The minimum Gasteiger partial charge on any atom is -0.497 e. The van der Waals surface area contributed by atoms with Crippen molar-refractivity contribution in [2.45, 2.75) is 18.2 Å². The van der Waals surface area contributed by atoms with Crippen LogP contribution in [-0.4, -0.2) is 30.0 Å². The second kappa shape index (κ2) is 8.28. The fourth-order valence-electron chi connectivity index (χ4n) is 3.44. The number of amides is 1. The normalized spacial score (nSPS) is 17.9. The maximum atomic E-state index is 12.8. The molecule has 4 rings (SSSR count). The van der Waals surface area contributed by atoms with Crippen molar-refractivity contribution in [1.82, 2.24) is 5.43 Å². The van der Waals surface area contributed by atoms with Gasteiger partial charge in [-0.1, -0.05) is 54.2 Å². The zero-order valence-corrected chi connectivity index (χ0v) is 17.9. The van der Waals surface area contributed by atoms with Gasteiger partial charge in [0.1, 0.15) is 21.4 Å². The summed E-state index contributed by atoms with van der Waals surface area (Å²) in [6.45, 7) is 1.97. The van der Waals surface area contributed by atoms with Crippen LogP contribution in [0.1, 0.15) is 18.9 Å². The van der Waals surface area contributed by atoms with Crippen molar-refractivity contribution in [3.8, 4) is 11.5 Å². The average molecular weight is 422 g/mol. The van der Waals surface area contributed by atoms with Crippen LogP contribution in [0.4, 0.5) is 5.69 Å². The number of thioether (sulfide) groups is 1. The van der Waals surface area contributed by atoms with E-state index in [4.69, 9.17) is 9.47 Å². The van der Waals surface area contributed by atoms with Crippen molar-refractivity contribution >= 4 is 39.2 Å². The molecule has 1 atom stereocenters. The lowest BCUT2D eigenvalue weighted by molar-refractivity contribution is -0.116. The molecule has 1 heterocycles. The summed E-state index contributed by atoms with van der Waals surface area (Å²) in [5.74, 6) is 1.08. The first-order valence-corrected chi connectivity index (χ1v) is 10.4. The standard InChI is InChI=1S/C23H23N3O3S/c1-23(14-21(27)24-19-13-16(28-2)11-12-20(19)29-3)26-25-22(30-23)18-10-6-8-15-7-4-5-9-17(15)18/h4-13,26H,14H2,1-3H3,(H,24,27)/t23-/m0/s1. The highest BCUT2D eigenvalue weighted by Gasteiger charge is 2.35. The van der Waals surface area contributed by atoms with E-state index in [9.17, 15) is 4.79 Å². The van der Waals surface area contributed by atoms with E-state index in [-0.39, 0.29) is 12.3 Å². The van der Waals surface area contributed by atoms with Gasteiger partial charge in [-0.25, -0.2) is 0 Å². The van der Waals surface area contributed by atoms with Crippen molar-refractivity contribution in [2.24, 2.45) is 5.10 Å². The van der Waals surface area contributed by atoms with Gasteiger partial charge < -0.3 is 14.8 Å². The molecule has 30 heavy (non-hydrogen) atoms. The van der Waals surface area contributed by atoms with Gasteiger partial charge in [0.05, 0.1) is 26.3 Å². The van der Waals surface area contributed by atoms with Crippen LogP contribution in [0.25, 0.3) is 10.8 Å². The van der Waals surface area contributed by atoms with Gasteiger partial charge in [0.25, 0.3) is 0 Å². The Bertz CT molecular complexity index is 1130. The number of benzene rings is 3. The van der Waals surface area contributed by atoms with E-state index in [1.165, 1.54) is 0 Å². The van der Waals surface area contributed by atoms with Gasteiger partial charge in [0.2, 0.25) is 5.91 Å². The number of hydrazone groups is 1. The second-order valence-corrected chi connectivity index (χ2v) is 8.67. The lowest BCUT2D eigenvalue weighted by Crippen LogP contribution is -2.36. The molecule has 0 spiro atoms. The van der Waals surface area contributed by atoms with Crippen molar-refractivity contribution in [3.63, 3.8) is 0 Å². The van der Waals surface area contributed by atoms with Crippen molar-refractivity contribution in [1.29, 1.82) is 0 Å². The zero-order chi connectivity index (χ0) is 21.1. The van der Waals surface area contributed by atoms with Gasteiger partial charge in [-0.05, 0) is 29.8 Å². The molecule has 0 unspecified atom stereocenters. The minimum atomic E-state index is -0.553. The van der Waals surface area contributed by atoms with Gasteiger partial charge in [-0.15, -0.1) is 0 Å². The van der Waals surface area contributed by atoms with E-state index in [1.807, 2.05) is 25.1 Å². The SMILES string of the molecule is COc1ccc(OC)c(NC(=O)C[C@@]2(C)NN=C(c3cccc4ccccc34)S2)c1. The average Bonchev–Trinajstić information content (AvgIpc) is 3.14. The van der Waals surface area contributed by atoms with Gasteiger partial charge >= 0.3 is 0 Å². The minimum absolute atomic E-state index is 0.140. The zero-order valence-electron chi connectivity index (χ0n) is 17.1. The summed E-state index contributed by atoms with van der Waals surface area (Å²) in [4.78, 5) is 12.2. The van der Waals surface area contributed by atoms with Gasteiger partial charge in [0.15, 0.2) is 0 Å². The number of fused-ring (bicyclic) bond motifs is 1. The summed E-state index contributed by atoms with van der Waals surface area (Å²) < 4.78 is 10.6. The van der Waals surface area contributed by atoms with Crippen LogP contribution in [0.3, 0.4) is 0 Å². The molecule has 7 heteroatoms. The maximum absolute atomic E-state index is 12.8. The molecule has 1 aliphatic heterocycles. The maximum Gasteiger partial charge on any atom is 0.227 e. The first kappa shape index (κ1) is 20.1. The molecular weight excluding hydrogens is 398 g/mol. The molecule has 3 aromatic carbocycles. The molecule has 2 N–H and O–H groups in total. The van der Waals surface area contributed by atoms with Crippen molar-refractivity contribution in [3.05, 3.63) is 66.2 Å². The first-order valence-electron chi connectivity index (χ1n) is 9.55. The van der Waals surface area contributed by atoms with E-state index in [0.717, 1.165) is 21.4 Å². The third kappa shape index (κ3) is 4.07. The Kier molecular flexibility index (Phi) is 5.55. The summed E-state index contributed by atoms with van der Waals surface area (Å²) in [5, 5.41) is 10.6. The molecule has 0 aliphatic carbocycles. The molecule has 0 fully saturated rings. The van der Waals surface area contributed by atoms with E-state index in [1.54, 1.807) is 44.2 Å². The molecule has 0 saturated carbocycles. The number of ether oxygens (including phenoxy) is 2. The van der Waals surface area contributed by atoms with E-state index < -0.39 is 4.87 Å². The molecule has 0 radical (unpaired) electrons. The topological polar surface area (TPSA) is 72.0 Å². The fourth-order valence-corrected chi connectivity index (χ4v) is 4.54. The fraction of sp³-hybridized carbons (Fsp3) is 0.217. The Hall–Kier alpha value is -3.19. The Morgan fingerprint density at radius 3 is 2.70 bits per heavy atom. The predicted molar refractivity (Wildman–Crippen MR) is 122 cm³/mol. The van der Waals surface area contributed by atoms with Crippen LogP contribution < -0.4 is 20.2 Å². The first-order chi connectivity index (χ1) is 14.5. The Morgan fingerprint density at radius 2 is 1.90 bits per heavy atom. The molecular formula is C23H23N3O3S. The predicted octanol–water partition coefficient (Wildman–Crippen LogP) is 4.60. The smallest absolute Gasteiger partial charge is 0.227 e. The number of nitrogens with zero attached hydrogens (tertiary/aromatic N) is 1. The van der Waals surface area contributed by atoms with Gasteiger partial charge in [-0.3, -0.25) is 10.2 Å². The summed E-state index contributed by atoms with van der Waals surface area (Å²) in [6.07, 6.45) is 0.232. The molecule has 6 nitrogen and oxygen atoms in total. The Morgan fingerprint density at radius 1 is 1.10 bits per heavy atom. The van der Waals surface area contributed by atoms with Crippen LogP contribution in [0.2, 0.25) is 0 Å².